The van der Waals surface area contributed by atoms with E-state index in [0.717, 1.165) is 5.75 Å². The molecule has 0 saturated heterocycles. The third-order valence-electron chi connectivity index (χ3n) is 3.59. The summed E-state index contributed by atoms with van der Waals surface area (Å²) >= 11 is 4.52. The summed E-state index contributed by atoms with van der Waals surface area (Å²) in [4.78, 5) is 0. The normalized spacial score (nSPS) is 20.1. The minimum Gasteiger partial charge on any atom is -0.508 e. The van der Waals surface area contributed by atoms with Gasteiger partial charge in [0.05, 0.1) is 0 Å². The maximum absolute atomic E-state index is 9.29. The van der Waals surface area contributed by atoms with Gasteiger partial charge < -0.3 is 5.11 Å². The second-order valence-corrected chi connectivity index (χ2v) is 4.86. The maximum Gasteiger partial charge on any atom is 0.115 e. The van der Waals surface area contributed by atoms with Gasteiger partial charge in [0, 0.05) is 5.41 Å². The lowest BCUT2D eigenvalue weighted by Crippen LogP contribution is -2.30. The fourth-order valence-corrected chi connectivity index (χ4v) is 3.08. The Morgan fingerprint density at radius 3 is 2.20 bits per heavy atom. The Labute approximate surface area is 96.9 Å². The molecule has 1 aromatic carbocycles. The topological polar surface area (TPSA) is 20.2 Å². The Balaban J connectivity index is 2.28. The van der Waals surface area contributed by atoms with Crippen LogP contribution in [0.25, 0.3) is 0 Å². The van der Waals surface area contributed by atoms with Crippen molar-refractivity contribution in [2.75, 3.05) is 5.75 Å². The summed E-state index contributed by atoms with van der Waals surface area (Å²) in [5, 5.41) is 9.29. The molecule has 0 bridgehead atoms. The summed E-state index contributed by atoms with van der Waals surface area (Å²) in [6, 6.07) is 7.68. The number of rotatable bonds is 2. The molecule has 1 N–H and O–H groups in total. The highest BCUT2D eigenvalue weighted by Gasteiger charge is 2.32. The Bertz CT molecular complexity index is 312. The highest BCUT2D eigenvalue weighted by Crippen LogP contribution is 2.40. The molecule has 1 aliphatic carbocycles. The number of benzene rings is 1. The standard InChI is InChI=1S/C13H18OS/c14-12-6-4-11(5-7-12)13(10-15)8-2-1-3-9-13/h4-7,14-15H,1-3,8-10H2. The Morgan fingerprint density at radius 1 is 1.07 bits per heavy atom. The van der Waals surface area contributed by atoms with Crippen LogP contribution >= 0.6 is 12.6 Å². The van der Waals surface area contributed by atoms with Crippen LogP contribution in [0.3, 0.4) is 0 Å². The lowest BCUT2D eigenvalue weighted by atomic mass is 9.71. The molecule has 1 aliphatic rings. The molecule has 15 heavy (non-hydrogen) atoms. The van der Waals surface area contributed by atoms with Gasteiger partial charge in [-0.05, 0) is 36.3 Å². The van der Waals surface area contributed by atoms with Crippen molar-refractivity contribution >= 4 is 12.6 Å². The van der Waals surface area contributed by atoms with Crippen LogP contribution in [0.1, 0.15) is 37.7 Å². The van der Waals surface area contributed by atoms with Crippen molar-refractivity contribution in [3.63, 3.8) is 0 Å². The first kappa shape index (κ1) is 10.9. The van der Waals surface area contributed by atoms with Gasteiger partial charge in [0.2, 0.25) is 0 Å². The molecule has 0 radical (unpaired) electrons. The van der Waals surface area contributed by atoms with Gasteiger partial charge >= 0.3 is 0 Å². The van der Waals surface area contributed by atoms with E-state index in [9.17, 15) is 5.11 Å². The van der Waals surface area contributed by atoms with Gasteiger partial charge in [0.15, 0.2) is 0 Å². The molecule has 0 unspecified atom stereocenters. The highest BCUT2D eigenvalue weighted by molar-refractivity contribution is 7.80. The molecule has 0 spiro atoms. The summed E-state index contributed by atoms with van der Waals surface area (Å²) in [5.74, 6) is 1.27. The maximum atomic E-state index is 9.29. The fourth-order valence-electron chi connectivity index (χ4n) is 2.58. The van der Waals surface area contributed by atoms with E-state index in [4.69, 9.17) is 0 Å². The van der Waals surface area contributed by atoms with E-state index in [1.807, 2.05) is 0 Å². The lowest BCUT2D eigenvalue weighted by molar-refractivity contribution is 0.326. The summed E-state index contributed by atoms with van der Waals surface area (Å²) in [6.45, 7) is 0. The first-order valence-electron chi connectivity index (χ1n) is 5.67. The van der Waals surface area contributed by atoms with Crippen LogP contribution in [0.4, 0.5) is 0 Å². The molecule has 2 rings (SSSR count). The van der Waals surface area contributed by atoms with Crippen LogP contribution < -0.4 is 0 Å². The van der Waals surface area contributed by atoms with E-state index < -0.39 is 0 Å². The molecule has 1 saturated carbocycles. The van der Waals surface area contributed by atoms with Gasteiger partial charge in [-0.1, -0.05) is 31.4 Å². The van der Waals surface area contributed by atoms with Gasteiger partial charge in [-0.15, -0.1) is 0 Å². The number of hydrogen-bond acceptors (Lipinski definition) is 2. The van der Waals surface area contributed by atoms with Crippen molar-refractivity contribution in [3.05, 3.63) is 29.8 Å². The Morgan fingerprint density at radius 2 is 1.67 bits per heavy atom. The number of phenolic OH excluding ortho intramolecular Hbond substituents is 1. The zero-order valence-corrected chi connectivity index (χ0v) is 9.84. The van der Waals surface area contributed by atoms with E-state index in [2.05, 4.69) is 24.8 Å². The molecule has 0 atom stereocenters. The summed E-state index contributed by atoms with van der Waals surface area (Å²) in [5.41, 5.74) is 1.60. The van der Waals surface area contributed by atoms with Crippen molar-refractivity contribution in [3.8, 4) is 5.75 Å². The molecule has 0 aromatic heterocycles. The van der Waals surface area contributed by atoms with E-state index in [1.165, 1.54) is 37.7 Å². The first-order valence-corrected chi connectivity index (χ1v) is 6.30. The molecular weight excluding hydrogens is 204 g/mol. The molecule has 0 heterocycles. The van der Waals surface area contributed by atoms with E-state index >= 15 is 0 Å². The van der Waals surface area contributed by atoms with Crippen LogP contribution in [0.5, 0.6) is 5.75 Å². The molecule has 2 heteroatoms. The minimum atomic E-state index is 0.259. The largest absolute Gasteiger partial charge is 0.508 e. The van der Waals surface area contributed by atoms with Crippen molar-refractivity contribution in [2.45, 2.75) is 37.5 Å². The number of hydrogen-bond donors (Lipinski definition) is 2. The third kappa shape index (κ3) is 2.15. The van der Waals surface area contributed by atoms with Crippen molar-refractivity contribution in [1.29, 1.82) is 0 Å². The van der Waals surface area contributed by atoms with E-state index in [1.54, 1.807) is 12.1 Å². The average Bonchev–Trinajstić information content (AvgIpc) is 2.31. The summed E-state index contributed by atoms with van der Waals surface area (Å²) < 4.78 is 0. The lowest BCUT2D eigenvalue weighted by Gasteiger charge is -2.36. The SMILES string of the molecule is Oc1ccc(C2(CS)CCCCC2)cc1. The van der Waals surface area contributed by atoms with Crippen molar-refractivity contribution in [2.24, 2.45) is 0 Å². The Hall–Kier alpha value is -0.630. The smallest absolute Gasteiger partial charge is 0.115 e. The first-order chi connectivity index (χ1) is 7.27. The van der Waals surface area contributed by atoms with Gasteiger partial charge in [-0.25, -0.2) is 0 Å². The highest BCUT2D eigenvalue weighted by atomic mass is 32.1. The molecule has 0 aliphatic heterocycles. The van der Waals surface area contributed by atoms with Gasteiger partial charge in [-0.3, -0.25) is 0 Å². The van der Waals surface area contributed by atoms with E-state index in [0.29, 0.717) is 5.75 Å². The van der Waals surface area contributed by atoms with Crippen molar-refractivity contribution in [1.82, 2.24) is 0 Å². The van der Waals surface area contributed by atoms with Gasteiger partial charge in [-0.2, -0.15) is 12.6 Å². The minimum absolute atomic E-state index is 0.259. The fraction of sp³-hybridized carbons (Fsp3) is 0.538. The third-order valence-corrected chi connectivity index (χ3v) is 4.20. The van der Waals surface area contributed by atoms with Gasteiger partial charge in [0.25, 0.3) is 0 Å². The molecule has 0 amide bonds. The van der Waals surface area contributed by atoms with Crippen LogP contribution in [0.2, 0.25) is 0 Å². The predicted molar refractivity (Wildman–Crippen MR) is 66.7 cm³/mol. The zero-order chi connectivity index (χ0) is 10.7. The summed E-state index contributed by atoms with van der Waals surface area (Å²) in [6.07, 6.45) is 6.44. The van der Waals surface area contributed by atoms with Crippen molar-refractivity contribution < 1.29 is 5.11 Å². The second kappa shape index (κ2) is 4.48. The Kier molecular flexibility index (Phi) is 3.25. The van der Waals surface area contributed by atoms with Crippen LogP contribution in [0, 0.1) is 0 Å². The van der Waals surface area contributed by atoms with Crippen LogP contribution in [0.15, 0.2) is 24.3 Å². The monoisotopic (exact) mass is 222 g/mol. The molecule has 1 fully saturated rings. The number of phenols is 1. The quantitative estimate of drug-likeness (QED) is 0.734. The molecule has 82 valence electrons. The predicted octanol–water partition coefficient (Wildman–Crippen LogP) is 3.52. The molecule has 1 aromatic rings. The van der Waals surface area contributed by atoms with E-state index in [-0.39, 0.29) is 5.41 Å². The molecular formula is C13H18OS. The second-order valence-electron chi connectivity index (χ2n) is 4.55. The van der Waals surface area contributed by atoms with Crippen LogP contribution in [-0.2, 0) is 5.41 Å². The van der Waals surface area contributed by atoms with Gasteiger partial charge in [0.1, 0.15) is 5.75 Å². The molecule has 1 nitrogen and oxygen atoms in total. The summed E-state index contributed by atoms with van der Waals surface area (Å²) in [7, 11) is 0. The average molecular weight is 222 g/mol. The number of thiol groups is 1. The number of aromatic hydroxyl groups is 1. The van der Waals surface area contributed by atoms with Crippen LogP contribution in [-0.4, -0.2) is 10.9 Å². The zero-order valence-electron chi connectivity index (χ0n) is 8.95.